The molecule has 176 valence electrons. The normalized spacial score (nSPS) is 11.5. The topological polar surface area (TPSA) is 85.4 Å². The van der Waals surface area contributed by atoms with Crippen LogP contribution in [0.15, 0.2) is 36.7 Å². The average molecular weight is 475 g/mol. The minimum Gasteiger partial charge on any atom is -0.493 e. The van der Waals surface area contributed by atoms with Crippen molar-refractivity contribution in [2.75, 3.05) is 32.1 Å². The molecule has 0 radical (unpaired) electrons. The number of ether oxygens (including phenoxy) is 2. The fraction of sp³-hybridized carbons (Fsp3) is 0.375. The van der Waals surface area contributed by atoms with Gasteiger partial charge < -0.3 is 20.1 Å². The molecule has 0 unspecified atom stereocenters. The van der Waals surface area contributed by atoms with Gasteiger partial charge in [-0.3, -0.25) is 4.79 Å². The van der Waals surface area contributed by atoms with Crippen LogP contribution in [0.4, 0.5) is 15.9 Å². The molecule has 0 fully saturated rings. The molecular weight excluding hydrogens is 447 g/mol. The van der Waals surface area contributed by atoms with Crippen molar-refractivity contribution in [1.82, 2.24) is 15.3 Å². The Morgan fingerprint density at radius 3 is 2.64 bits per heavy atom. The Morgan fingerprint density at radius 1 is 1.15 bits per heavy atom. The number of aromatic nitrogens is 2. The summed E-state index contributed by atoms with van der Waals surface area (Å²) in [5, 5.41) is 7.09. The van der Waals surface area contributed by atoms with E-state index in [0.29, 0.717) is 59.4 Å². The van der Waals surface area contributed by atoms with Crippen molar-refractivity contribution in [2.24, 2.45) is 5.41 Å². The number of fused-ring (bicyclic) bond motifs is 1. The lowest BCUT2D eigenvalue weighted by Crippen LogP contribution is -2.32. The Labute approximate surface area is 197 Å². The van der Waals surface area contributed by atoms with Gasteiger partial charge in [0.2, 0.25) is 0 Å². The summed E-state index contributed by atoms with van der Waals surface area (Å²) in [7, 11) is 1.55. The first-order valence-electron chi connectivity index (χ1n) is 10.6. The fourth-order valence-corrected chi connectivity index (χ4v) is 3.16. The zero-order valence-corrected chi connectivity index (χ0v) is 19.9. The van der Waals surface area contributed by atoms with Crippen molar-refractivity contribution in [1.29, 1.82) is 0 Å². The Hall–Kier alpha value is -2.97. The molecule has 7 nitrogen and oxygen atoms in total. The molecule has 1 aromatic heterocycles. The second-order valence-corrected chi connectivity index (χ2v) is 8.98. The minimum absolute atomic E-state index is 0.169. The van der Waals surface area contributed by atoms with Gasteiger partial charge in [-0.05, 0) is 37.2 Å². The van der Waals surface area contributed by atoms with Crippen LogP contribution in [0.2, 0.25) is 5.02 Å². The molecule has 0 aliphatic rings. The first-order chi connectivity index (χ1) is 15.7. The monoisotopic (exact) mass is 474 g/mol. The number of carbonyl (C=O) groups excluding carboxylic acids is 1. The van der Waals surface area contributed by atoms with E-state index in [1.54, 1.807) is 31.4 Å². The number of carbonyl (C=O) groups is 1. The third-order valence-electron chi connectivity index (χ3n) is 4.98. The second kappa shape index (κ2) is 10.8. The van der Waals surface area contributed by atoms with Gasteiger partial charge in [-0.1, -0.05) is 32.4 Å². The minimum atomic E-state index is -0.487. The van der Waals surface area contributed by atoms with Crippen LogP contribution in [0.3, 0.4) is 0 Å². The highest BCUT2D eigenvalue weighted by molar-refractivity contribution is 6.30. The fourth-order valence-electron chi connectivity index (χ4n) is 3.00. The van der Waals surface area contributed by atoms with Crippen LogP contribution >= 0.6 is 11.6 Å². The van der Waals surface area contributed by atoms with Gasteiger partial charge in [-0.25, -0.2) is 14.4 Å². The van der Waals surface area contributed by atoms with Gasteiger partial charge in [-0.2, -0.15) is 0 Å². The third-order valence-corrected chi connectivity index (χ3v) is 5.22. The first-order valence-corrected chi connectivity index (χ1v) is 11.0. The highest BCUT2D eigenvalue weighted by Crippen LogP contribution is 2.35. The quantitative estimate of drug-likeness (QED) is 0.393. The lowest BCUT2D eigenvalue weighted by Gasteiger charge is -2.17. The van der Waals surface area contributed by atoms with Gasteiger partial charge in [0.1, 0.15) is 18.0 Å². The summed E-state index contributed by atoms with van der Waals surface area (Å²) in [4.78, 5) is 20.5. The summed E-state index contributed by atoms with van der Waals surface area (Å²) in [5.74, 6) is 1.16. The Balaban J connectivity index is 1.67. The van der Waals surface area contributed by atoms with Gasteiger partial charge in [0.05, 0.1) is 31.5 Å². The highest BCUT2D eigenvalue weighted by atomic mass is 35.5. The standard InChI is InChI=1S/C24H28ClFN4O3/c1-24(2,3)22(31)13-27-8-5-9-33-21-12-19-16(11-20(21)32-4)23(29-14-28-19)30-18-7-6-15(25)10-17(18)26/h6-7,10-12,14,27H,5,8-9,13H2,1-4H3,(H,28,29,30). The van der Waals surface area contributed by atoms with E-state index in [9.17, 15) is 9.18 Å². The van der Waals surface area contributed by atoms with Crippen molar-refractivity contribution in [2.45, 2.75) is 27.2 Å². The Bertz CT molecular complexity index is 1130. The SMILES string of the molecule is COc1cc2c(Nc3ccc(Cl)cc3F)ncnc2cc1OCCCNCC(=O)C(C)(C)C. The molecule has 2 aromatic carbocycles. The first kappa shape index (κ1) is 24.7. The maximum atomic E-state index is 14.2. The van der Waals surface area contributed by atoms with Crippen LogP contribution in [-0.2, 0) is 4.79 Å². The van der Waals surface area contributed by atoms with Crippen LogP contribution in [0.1, 0.15) is 27.2 Å². The molecule has 0 atom stereocenters. The number of nitrogens with one attached hydrogen (secondary N) is 2. The largest absolute Gasteiger partial charge is 0.493 e. The van der Waals surface area contributed by atoms with Crippen LogP contribution in [0.5, 0.6) is 11.5 Å². The maximum Gasteiger partial charge on any atom is 0.163 e. The lowest BCUT2D eigenvalue weighted by molar-refractivity contribution is -0.125. The number of rotatable bonds is 10. The summed E-state index contributed by atoms with van der Waals surface area (Å²) in [5.41, 5.74) is 0.513. The third kappa shape index (κ3) is 6.52. The van der Waals surface area contributed by atoms with Gasteiger partial charge in [0, 0.05) is 21.9 Å². The van der Waals surface area contributed by atoms with E-state index < -0.39 is 5.82 Å². The summed E-state index contributed by atoms with van der Waals surface area (Å²) >= 11 is 5.83. The summed E-state index contributed by atoms with van der Waals surface area (Å²) < 4.78 is 25.6. The molecule has 9 heteroatoms. The molecule has 2 N–H and O–H groups in total. The molecule has 3 aromatic rings. The van der Waals surface area contributed by atoms with Crippen molar-refractivity contribution < 1.29 is 18.7 Å². The number of halogens is 2. The van der Waals surface area contributed by atoms with E-state index in [0.717, 1.165) is 0 Å². The average Bonchev–Trinajstić information content (AvgIpc) is 2.76. The smallest absolute Gasteiger partial charge is 0.163 e. The van der Waals surface area contributed by atoms with Crippen molar-refractivity contribution in [3.05, 3.63) is 47.5 Å². The van der Waals surface area contributed by atoms with Crippen LogP contribution < -0.4 is 20.1 Å². The summed E-state index contributed by atoms with van der Waals surface area (Å²) in [6, 6.07) is 7.88. The van der Waals surface area contributed by atoms with E-state index in [-0.39, 0.29) is 16.9 Å². The molecule has 0 saturated carbocycles. The molecule has 33 heavy (non-hydrogen) atoms. The molecule has 1 heterocycles. The van der Waals surface area contributed by atoms with Crippen LogP contribution in [0, 0.1) is 11.2 Å². The number of ketones is 1. The van der Waals surface area contributed by atoms with Gasteiger partial charge >= 0.3 is 0 Å². The van der Waals surface area contributed by atoms with Gasteiger partial charge in [-0.15, -0.1) is 0 Å². The molecule has 0 aliphatic heterocycles. The lowest BCUT2D eigenvalue weighted by atomic mass is 9.91. The molecule has 0 amide bonds. The number of methoxy groups -OCH3 is 1. The van der Waals surface area contributed by atoms with Crippen molar-refractivity contribution >= 4 is 39.8 Å². The number of nitrogens with zero attached hydrogens (tertiary/aromatic N) is 2. The molecule has 0 spiro atoms. The number of benzene rings is 2. The van der Waals surface area contributed by atoms with E-state index in [1.165, 1.54) is 12.4 Å². The van der Waals surface area contributed by atoms with Crippen LogP contribution in [-0.4, -0.2) is 42.6 Å². The maximum absolute atomic E-state index is 14.2. The number of hydrogen-bond donors (Lipinski definition) is 2. The number of anilines is 2. The molecule has 0 aliphatic carbocycles. The molecule has 0 bridgehead atoms. The van der Waals surface area contributed by atoms with Gasteiger partial charge in [0.15, 0.2) is 17.3 Å². The number of hydrogen-bond acceptors (Lipinski definition) is 7. The second-order valence-electron chi connectivity index (χ2n) is 8.54. The van der Waals surface area contributed by atoms with E-state index in [2.05, 4.69) is 20.6 Å². The van der Waals surface area contributed by atoms with Crippen LogP contribution in [0.25, 0.3) is 10.9 Å². The predicted molar refractivity (Wildman–Crippen MR) is 128 cm³/mol. The zero-order chi connectivity index (χ0) is 24.0. The van der Waals surface area contributed by atoms with Gasteiger partial charge in [0.25, 0.3) is 0 Å². The molecule has 0 saturated heterocycles. The zero-order valence-electron chi connectivity index (χ0n) is 19.2. The summed E-state index contributed by atoms with van der Waals surface area (Å²) in [6.07, 6.45) is 2.11. The van der Waals surface area contributed by atoms with E-state index >= 15 is 0 Å². The van der Waals surface area contributed by atoms with E-state index in [1.807, 2.05) is 20.8 Å². The Morgan fingerprint density at radius 2 is 1.94 bits per heavy atom. The van der Waals surface area contributed by atoms with Crippen molar-refractivity contribution in [3.63, 3.8) is 0 Å². The van der Waals surface area contributed by atoms with Crippen molar-refractivity contribution in [3.8, 4) is 11.5 Å². The Kier molecular flexibility index (Phi) is 8.05. The number of Topliss-reactive ketones (excluding diaryl/α,β-unsaturated/α-hetero) is 1. The van der Waals surface area contributed by atoms with E-state index in [4.69, 9.17) is 21.1 Å². The highest BCUT2D eigenvalue weighted by Gasteiger charge is 2.20. The predicted octanol–water partition coefficient (Wildman–Crippen LogP) is 5.15. The summed E-state index contributed by atoms with van der Waals surface area (Å²) in [6.45, 7) is 7.14. The molecule has 3 rings (SSSR count). The molecular formula is C24H28ClFN4O3.